The molecule has 0 spiro atoms. The summed E-state index contributed by atoms with van der Waals surface area (Å²) in [6, 6.07) is 20.8. The second kappa shape index (κ2) is 9.64. The van der Waals surface area contributed by atoms with E-state index in [1.165, 1.54) is 11.1 Å². The third-order valence-electron chi connectivity index (χ3n) is 6.31. The molecule has 32 heavy (non-hydrogen) atoms. The molecule has 2 aliphatic heterocycles. The summed E-state index contributed by atoms with van der Waals surface area (Å²) in [6.45, 7) is 1.60. The van der Waals surface area contributed by atoms with E-state index in [1.54, 1.807) is 0 Å². The van der Waals surface area contributed by atoms with Gasteiger partial charge < -0.3 is 10.4 Å². The highest BCUT2D eigenvalue weighted by Gasteiger charge is 2.44. The van der Waals surface area contributed by atoms with Crippen LogP contribution in [0.5, 0.6) is 0 Å². The number of amides is 1. The SMILES string of the molecule is C#CCCC1(CCC(=O)NCCC2(O)CN(C(c3ccccc3)c3ccccc3)C2)N=N1. The lowest BCUT2D eigenvalue weighted by atomic mass is 9.85. The molecule has 2 aromatic carbocycles. The first-order chi connectivity index (χ1) is 15.5. The Morgan fingerprint density at radius 2 is 1.62 bits per heavy atom. The summed E-state index contributed by atoms with van der Waals surface area (Å²) in [5.74, 6) is 2.56. The van der Waals surface area contributed by atoms with Crippen LogP contribution >= 0.6 is 0 Å². The van der Waals surface area contributed by atoms with E-state index in [0.29, 0.717) is 51.7 Å². The molecule has 0 atom stereocenters. The Hall–Kier alpha value is -3.01. The van der Waals surface area contributed by atoms with Crippen LogP contribution in [0.15, 0.2) is 70.9 Å². The molecule has 0 unspecified atom stereocenters. The molecule has 2 N–H and O–H groups in total. The van der Waals surface area contributed by atoms with E-state index in [0.717, 1.165) is 0 Å². The molecule has 2 aliphatic rings. The zero-order chi connectivity index (χ0) is 22.4. The Labute approximate surface area is 189 Å². The van der Waals surface area contributed by atoms with Gasteiger partial charge in [-0.3, -0.25) is 9.69 Å². The maximum Gasteiger partial charge on any atom is 0.220 e. The van der Waals surface area contributed by atoms with E-state index >= 15 is 0 Å². The Kier molecular flexibility index (Phi) is 6.69. The first-order valence-corrected chi connectivity index (χ1v) is 11.2. The summed E-state index contributed by atoms with van der Waals surface area (Å²) in [6.07, 6.45) is 8.11. The van der Waals surface area contributed by atoms with Gasteiger partial charge in [0.25, 0.3) is 0 Å². The van der Waals surface area contributed by atoms with Gasteiger partial charge in [0.15, 0.2) is 5.66 Å². The molecule has 0 bridgehead atoms. The van der Waals surface area contributed by atoms with Crippen molar-refractivity contribution in [3.05, 3.63) is 71.8 Å². The Morgan fingerprint density at radius 3 is 2.16 bits per heavy atom. The number of nitrogens with zero attached hydrogens (tertiary/aromatic N) is 3. The number of terminal acetylenes is 1. The standard InChI is InChI=1S/C26H30N4O2/c1-2-3-15-26(28-29-26)16-14-23(31)27-18-17-25(32)19-30(20-25)24(21-10-6-4-7-11-21)22-12-8-5-9-13-22/h1,4-13,24,32H,3,14-20H2,(H,27,31). The number of aliphatic hydroxyl groups is 1. The van der Waals surface area contributed by atoms with Crippen molar-refractivity contribution < 1.29 is 9.90 Å². The Balaban J connectivity index is 1.24. The first-order valence-electron chi connectivity index (χ1n) is 11.2. The molecule has 0 radical (unpaired) electrons. The number of hydrogen-bond donors (Lipinski definition) is 2. The van der Waals surface area contributed by atoms with Crippen molar-refractivity contribution in [3.63, 3.8) is 0 Å². The first kappa shape index (κ1) is 22.2. The number of benzene rings is 2. The van der Waals surface area contributed by atoms with Crippen LogP contribution < -0.4 is 5.32 Å². The van der Waals surface area contributed by atoms with Crippen molar-refractivity contribution in [2.45, 2.75) is 49.4 Å². The number of carbonyl (C=O) groups excluding carboxylic acids is 1. The van der Waals surface area contributed by atoms with Gasteiger partial charge in [0, 0.05) is 45.3 Å². The number of carbonyl (C=O) groups is 1. The van der Waals surface area contributed by atoms with Gasteiger partial charge in [0.05, 0.1) is 11.6 Å². The quantitative estimate of drug-likeness (QED) is 0.534. The highest BCUT2D eigenvalue weighted by atomic mass is 16.3. The molecule has 166 valence electrons. The van der Waals surface area contributed by atoms with E-state index in [1.807, 2.05) is 36.4 Å². The predicted molar refractivity (Wildman–Crippen MR) is 124 cm³/mol. The van der Waals surface area contributed by atoms with Crippen molar-refractivity contribution in [2.75, 3.05) is 19.6 Å². The van der Waals surface area contributed by atoms with Crippen LogP contribution in [0.25, 0.3) is 0 Å². The fraction of sp³-hybridized carbons (Fsp3) is 0.423. The van der Waals surface area contributed by atoms with Crippen LogP contribution in [0.1, 0.15) is 49.3 Å². The number of hydrogen-bond acceptors (Lipinski definition) is 5. The largest absolute Gasteiger partial charge is 0.387 e. The second-order valence-corrected chi connectivity index (χ2v) is 8.84. The minimum Gasteiger partial charge on any atom is -0.387 e. The smallest absolute Gasteiger partial charge is 0.220 e. The summed E-state index contributed by atoms with van der Waals surface area (Å²) < 4.78 is 0. The van der Waals surface area contributed by atoms with E-state index < -0.39 is 11.3 Å². The zero-order valence-electron chi connectivity index (χ0n) is 18.3. The average molecular weight is 431 g/mol. The van der Waals surface area contributed by atoms with E-state index in [9.17, 15) is 9.90 Å². The lowest BCUT2D eigenvalue weighted by molar-refractivity contribution is -0.124. The van der Waals surface area contributed by atoms with E-state index in [2.05, 4.69) is 50.6 Å². The lowest BCUT2D eigenvalue weighted by Gasteiger charge is -2.50. The van der Waals surface area contributed by atoms with Gasteiger partial charge in [-0.1, -0.05) is 60.7 Å². The molecular formula is C26H30N4O2. The van der Waals surface area contributed by atoms with Crippen molar-refractivity contribution in [3.8, 4) is 12.3 Å². The summed E-state index contributed by atoms with van der Waals surface area (Å²) in [5, 5.41) is 22.0. The van der Waals surface area contributed by atoms with Gasteiger partial charge in [0.2, 0.25) is 5.91 Å². The van der Waals surface area contributed by atoms with E-state index in [4.69, 9.17) is 6.42 Å². The van der Waals surface area contributed by atoms with Crippen LogP contribution in [-0.4, -0.2) is 46.8 Å². The number of likely N-dealkylation sites (tertiary alicyclic amines) is 1. The minimum atomic E-state index is -0.787. The van der Waals surface area contributed by atoms with Gasteiger partial charge in [-0.05, 0) is 17.5 Å². The second-order valence-electron chi connectivity index (χ2n) is 8.84. The molecule has 0 aromatic heterocycles. The van der Waals surface area contributed by atoms with Crippen LogP contribution in [0, 0.1) is 12.3 Å². The molecule has 0 aliphatic carbocycles. The Morgan fingerprint density at radius 1 is 1.03 bits per heavy atom. The number of β-amino-alcohol motifs (C(OH)–C–C–N with tert-alkyl or cyclic N) is 1. The summed E-state index contributed by atoms with van der Waals surface area (Å²) in [5.41, 5.74) is 1.21. The molecule has 6 heteroatoms. The fourth-order valence-corrected chi connectivity index (χ4v) is 4.44. The molecule has 1 saturated heterocycles. The third-order valence-corrected chi connectivity index (χ3v) is 6.31. The highest BCUT2D eigenvalue weighted by molar-refractivity contribution is 5.76. The lowest BCUT2D eigenvalue weighted by Crippen LogP contribution is -2.63. The highest BCUT2D eigenvalue weighted by Crippen LogP contribution is 2.38. The molecule has 2 aromatic rings. The zero-order valence-corrected chi connectivity index (χ0v) is 18.3. The average Bonchev–Trinajstić information content (AvgIpc) is 3.57. The van der Waals surface area contributed by atoms with Crippen LogP contribution in [-0.2, 0) is 4.79 Å². The molecule has 1 amide bonds. The van der Waals surface area contributed by atoms with Gasteiger partial charge in [0.1, 0.15) is 0 Å². The summed E-state index contributed by atoms with van der Waals surface area (Å²) in [4.78, 5) is 14.5. The third kappa shape index (κ3) is 5.42. The van der Waals surface area contributed by atoms with E-state index in [-0.39, 0.29) is 11.9 Å². The number of rotatable bonds is 11. The summed E-state index contributed by atoms with van der Waals surface area (Å²) in [7, 11) is 0. The monoisotopic (exact) mass is 430 g/mol. The predicted octanol–water partition coefficient (Wildman–Crippen LogP) is 3.68. The molecule has 0 saturated carbocycles. The van der Waals surface area contributed by atoms with Gasteiger partial charge >= 0.3 is 0 Å². The van der Waals surface area contributed by atoms with Gasteiger partial charge in [-0.25, -0.2) is 0 Å². The van der Waals surface area contributed by atoms with Crippen molar-refractivity contribution in [1.82, 2.24) is 10.2 Å². The Bertz CT molecular complexity index is 932. The van der Waals surface area contributed by atoms with Gasteiger partial charge in [-0.15, -0.1) is 12.3 Å². The topological polar surface area (TPSA) is 77.3 Å². The fourth-order valence-electron chi connectivity index (χ4n) is 4.44. The minimum absolute atomic E-state index is 0.0337. The number of nitrogens with one attached hydrogen (secondary N) is 1. The maximum absolute atomic E-state index is 12.2. The molecule has 6 nitrogen and oxygen atoms in total. The van der Waals surface area contributed by atoms with Crippen LogP contribution in [0.3, 0.4) is 0 Å². The molecular weight excluding hydrogens is 400 g/mol. The summed E-state index contributed by atoms with van der Waals surface area (Å²) >= 11 is 0. The van der Waals surface area contributed by atoms with Crippen LogP contribution in [0.4, 0.5) is 0 Å². The van der Waals surface area contributed by atoms with Crippen molar-refractivity contribution in [1.29, 1.82) is 0 Å². The van der Waals surface area contributed by atoms with Crippen LogP contribution in [0.2, 0.25) is 0 Å². The molecule has 1 fully saturated rings. The molecule has 2 heterocycles. The molecule has 4 rings (SSSR count). The van der Waals surface area contributed by atoms with Crippen molar-refractivity contribution in [2.24, 2.45) is 10.2 Å². The van der Waals surface area contributed by atoms with Gasteiger partial charge in [-0.2, -0.15) is 10.2 Å². The van der Waals surface area contributed by atoms with Crippen molar-refractivity contribution >= 4 is 5.91 Å². The maximum atomic E-state index is 12.2. The normalized spacial score (nSPS) is 18.0.